The summed E-state index contributed by atoms with van der Waals surface area (Å²) in [4.78, 5) is 24.2. The average molecular weight is 370 g/mol. The number of nitrogens with zero attached hydrogens (tertiary/aromatic N) is 1. The zero-order valence-corrected chi connectivity index (χ0v) is 16.2. The number of rotatable bonds is 4. The number of hydrogen-bond acceptors (Lipinski definition) is 5. The Kier molecular flexibility index (Phi) is 5.37. The Balaban J connectivity index is 1.71. The molecule has 1 aromatic heterocycles. The number of hydrogen-bond donors (Lipinski definition) is 1. The number of aryl methyl sites for hydroxylation is 1. The highest BCUT2D eigenvalue weighted by molar-refractivity contribution is 5.89. The predicted molar refractivity (Wildman–Crippen MR) is 102 cm³/mol. The lowest BCUT2D eigenvalue weighted by Gasteiger charge is -2.21. The first-order valence-electron chi connectivity index (χ1n) is 9.12. The molecule has 6 heteroatoms. The Hall–Kier alpha value is -2.60. The van der Waals surface area contributed by atoms with Crippen LogP contribution in [0.25, 0.3) is 0 Å². The minimum atomic E-state index is -0.541. The lowest BCUT2D eigenvalue weighted by atomic mass is 10.0. The molecule has 6 nitrogen and oxygen atoms in total. The highest BCUT2D eigenvalue weighted by atomic mass is 16.6. The first kappa shape index (κ1) is 19.2. The van der Waals surface area contributed by atoms with Gasteiger partial charge >= 0.3 is 12.1 Å². The monoisotopic (exact) mass is 370 g/mol. The maximum absolute atomic E-state index is 12.4. The number of carbonyl (C=O) groups is 2. The van der Waals surface area contributed by atoms with Crippen LogP contribution in [-0.4, -0.2) is 29.3 Å². The normalized spacial score (nSPS) is 16.1. The molecular weight excluding hydrogens is 344 g/mol. The van der Waals surface area contributed by atoms with Gasteiger partial charge in [-0.1, -0.05) is 6.07 Å². The summed E-state index contributed by atoms with van der Waals surface area (Å²) in [5.41, 5.74) is 3.21. The Morgan fingerprint density at radius 2 is 2.04 bits per heavy atom. The molecule has 0 saturated heterocycles. The third-order valence-electron chi connectivity index (χ3n) is 4.60. The van der Waals surface area contributed by atoms with E-state index in [0.717, 1.165) is 24.1 Å². The van der Waals surface area contributed by atoms with Crippen molar-refractivity contribution in [2.24, 2.45) is 0 Å². The Labute approximate surface area is 159 Å². The molecule has 0 saturated carbocycles. The molecule has 1 aromatic carbocycles. The molecule has 1 unspecified atom stereocenters. The number of benzene rings is 1. The van der Waals surface area contributed by atoms with Gasteiger partial charge in [-0.15, -0.1) is 0 Å². The summed E-state index contributed by atoms with van der Waals surface area (Å²) in [6, 6.07) is 9.56. The third kappa shape index (κ3) is 4.39. The van der Waals surface area contributed by atoms with E-state index in [1.54, 1.807) is 12.3 Å². The molecule has 1 aliphatic carbocycles. The van der Waals surface area contributed by atoms with Gasteiger partial charge in [0, 0.05) is 24.5 Å². The first-order valence-corrected chi connectivity index (χ1v) is 9.12. The molecule has 1 aliphatic rings. The molecule has 1 N–H and O–H groups in total. The van der Waals surface area contributed by atoms with Crippen molar-refractivity contribution in [2.75, 3.05) is 7.11 Å². The number of esters is 1. The summed E-state index contributed by atoms with van der Waals surface area (Å²) >= 11 is 0. The van der Waals surface area contributed by atoms with Crippen molar-refractivity contribution in [2.45, 2.75) is 51.8 Å². The quantitative estimate of drug-likeness (QED) is 0.828. The minimum Gasteiger partial charge on any atom is -0.465 e. The van der Waals surface area contributed by atoms with Crippen LogP contribution in [0.1, 0.15) is 60.4 Å². The van der Waals surface area contributed by atoms with Gasteiger partial charge in [0.25, 0.3) is 0 Å². The van der Waals surface area contributed by atoms with Crippen molar-refractivity contribution in [3.05, 3.63) is 58.9 Å². The number of fused-ring (bicyclic) bond motifs is 1. The Bertz CT molecular complexity index is 848. The summed E-state index contributed by atoms with van der Waals surface area (Å²) < 4.78 is 11.8. The van der Waals surface area contributed by atoms with E-state index in [1.807, 2.05) is 45.0 Å². The predicted octanol–water partition coefficient (Wildman–Crippen LogP) is 3.84. The Morgan fingerprint density at radius 1 is 1.26 bits per heavy atom. The third-order valence-corrected chi connectivity index (χ3v) is 4.60. The Morgan fingerprint density at radius 3 is 2.74 bits per heavy atom. The maximum atomic E-state index is 12.4. The van der Waals surface area contributed by atoms with Gasteiger partial charge < -0.3 is 14.8 Å². The second kappa shape index (κ2) is 7.56. The number of carbonyl (C=O) groups excluding carboxylic acids is 2. The van der Waals surface area contributed by atoms with Crippen molar-refractivity contribution in [3.63, 3.8) is 0 Å². The molecule has 2 aromatic rings. The first-order chi connectivity index (χ1) is 12.8. The molecule has 0 radical (unpaired) electrons. The van der Waals surface area contributed by atoms with Crippen LogP contribution in [0.4, 0.5) is 4.79 Å². The summed E-state index contributed by atoms with van der Waals surface area (Å²) in [5.74, 6) is -0.331. The van der Waals surface area contributed by atoms with Gasteiger partial charge in [0.2, 0.25) is 0 Å². The van der Waals surface area contributed by atoms with Crippen molar-refractivity contribution in [3.8, 4) is 0 Å². The molecule has 0 amide bonds. The number of aromatic nitrogens is 1. The van der Waals surface area contributed by atoms with Gasteiger partial charge in [-0.2, -0.15) is 0 Å². The van der Waals surface area contributed by atoms with Gasteiger partial charge in [-0.25, -0.2) is 9.59 Å². The standard InChI is InChI=1S/C21H26N2O4/c1-21(2,3)27-20(25)23-11-5-6-16(23)13-22-18-10-9-14-7-8-15(12-17(14)18)19(24)26-4/h5-8,11-12,18,22H,9-10,13H2,1-4H3. The van der Waals surface area contributed by atoms with E-state index in [0.29, 0.717) is 12.1 Å². The van der Waals surface area contributed by atoms with Gasteiger partial charge in [0.15, 0.2) is 0 Å². The summed E-state index contributed by atoms with van der Waals surface area (Å²) in [7, 11) is 1.39. The van der Waals surface area contributed by atoms with Gasteiger partial charge in [-0.3, -0.25) is 4.57 Å². The van der Waals surface area contributed by atoms with E-state index in [2.05, 4.69) is 5.32 Å². The SMILES string of the molecule is COC(=O)c1ccc2c(c1)C(NCc1cccn1C(=O)OC(C)(C)C)CC2. The molecule has 3 rings (SSSR count). The molecule has 1 atom stereocenters. The van der Waals surface area contributed by atoms with E-state index in [4.69, 9.17) is 9.47 Å². The number of ether oxygens (including phenoxy) is 2. The lowest BCUT2D eigenvalue weighted by molar-refractivity contribution is 0.0530. The molecule has 0 bridgehead atoms. The fourth-order valence-corrected chi connectivity index (χ4v) is 3.34. The van der Waals surface area contributed by atoms with Crippen molar-refractivity contribution in [1.29, 1.82) is 0 Å². The van der Waals surface area contributed by atoms with E-state index < -0.39 is 5.60 Å². The zero-order valence-electron chi connectivity index (χ0n) is 16.2. The van der Waals surface area contributed by atoms with Crippen LogP contribution in [0.5, 0.6) is 0 Å². The van der Waals surface area contributed by atoms with Gasteiger partial charge in [0.05, 0.1) is 12.7 Å². The largest absolute Gasteiger partial charge is 0.465 e. The zero-order chi connectivity index (χ0) is 19.6. The van der Waals surface area contributed by atoms with Crippen LogP contribution >= 0.6 is 0 Å². The summed E-state index contributed by atoms with van der Waals surface area (Å²) in [6.07, 6.45) is 3.24. The minimum absolute atomic E-state index is 0.131. The van der Waals surface area contributed by atoms with Crippen molar-refractivity contribution < 1.29 is 19.1 Å². The highest BCUT2D eigenvalue weighted by Crippen LogP contribution is 2.32. The van der Waals surface area contributed by atoms with Crippen LogP contribution in [0.2, 0.25) is 0 Å². The highest BCUT2D eigenvalue weighted by Gasteiger charge is 2.24. The molecule has 0 aliphatic heterocycles. The topological polar surface area (TPSA) is 69.6 Å². The van der Waals surface area contributed by atoms with Gasteiger partial charge in [0.1, 0.15) is 5.60 Å². The lowest BCUT2D eigenvalue weighted by Crippen LogP contribution is -2.29. The van der Waals surface area contributed by atoms with Crippen molar-refractivity contribution in [1.82, 2.24) is 9.88 Å². The summed E-state index contributed by atoms with van der Waals surface area (Å²) in [6.45, 7) is 6.07. The molecule has 27 heavy (non-hydrogen) atoms. The fourth-order valence-electron chi connectivity index (χ4n) is 3.34. The molecule has 0 spiro atoms. The van der Waals surface area contributed by atoms with E-state index in [1.165, 1.54) is 17.2 Å². The fraction of sp³-hybridized carbons (Fsp3) is 0.429. The maximum Gasteiger partial charge on any atom is 0.418 e. The molecule has 0 fully saturated rings. The van der Waals surface area contributed by atoms with Crippen LogP contribution < -0.4 is 5.32 Å². The second-order valence-electron chi connectivity index (χ2n) is 7.73. The van der Waals surface area contributed by atoms with E-state index in [9.17, 15) is 9.59 Å². The van der Waals surface area contributed by atoms with Crippen LogP contribution in [0.3, 0.4) is 0 Å². The average Bonchev–Trinajstić information content (AvgIpc) is 3.23. The van der Waals surface area contributed by atoms with Crippen molar-refractivity contribution >= 4 is 12.1 Å². The van der Waals surface area contributed by atoms with E-state index >= 15 is 0 Å². The molecule has 1 heterocycles. The smallest absolute Gasteiger partial charge is 0.418 e. The number of nitrogens with one attached hydrogen (secondary N) is 1. The van der Waals surface area contributed by atoms with Crippen LogP contribution in [0, 0.1) is 0 Å². The molecule has 144 valence electrons. The molecular formula is C21H26N2O4. The second-order valence-corrected chi connectivity index (χ2v) is 7.73. The van der Waals surface area contributed by atoms with Crippen LogP contribution in [-0.2, 0) is 22.4 Å². The van der Waals surface area contributed by atoms with E-state index in [-0.39, 0.29) is 18.1 Å². The van der Waals surface area contributed by atoms with Crippen LogP contribution in [0.15, 0.2) is 36.5 Å². The number of methoxy groups -OCH3 is 1. The van der Waals surface area contributed by atoms with Gasteiger partial charge in [-0.05, 0) is 69.0 Å². The summed E-state index contributed by atoms with van der Waals surface area (Å²) in [5, 5.41) is 3.50.